The van der Waals surface area contributed by atoms with Crippen LogP contribution in [0.4, 0.5) is 0 Å². The van der Waals surface area contributed by atoms with Crippen LogP contribution >= 0.6 is 11.3 Å². The molecule has 0 bridgehead atoms. The minimum Gasteiger partial charge on any atom is -0.310 e. The molecule has 0 saturated carbocycles. The van der Waals surface area contributed by atoms with Crippen molar-refractivity contribution in [1.29, 1.82) is 0 Å². The smallest absolute Gasteiger partial charge is 0.0300 e. The van der Waals surface area contributed by atoms with Gasteiger partial charge in [0.25, 0.3) is 0 Å². The Hall–Kier alpha value is -0.380. The summed E-state index contributed by atoms with van der Waals surface area (Å²) in [6.45, 7) is 6.60. The van der Waals surface area contributed by atoms with Crippen molar-refractivity contribution in [2.24, 2.45) is 5.92 Å². The monoisotopic (exact) mass is 226 g/mol. The molecule has 1 aromatic rings. The number of nitrogens with zero attached hydrogens (tertiary/aromatic N) is 1. The Morgan fingerprint density at radius 3 is 2.60 bits per heavy atom. The Labute approximate surface area is 97.3 Å². The van der Waals surface area contributed by atoms with E-state index in [4.69, 9.17) is 0 Å². The van der Waals surface area contributed by atoms with Crippen LogP contribution in [-0.2, 0) is 6.54 Å². The molecule has 1 N–H and O–H groups in total. The van der Waals surface area contributed by atoms with Gasteiger partial charge in [0.2, 0.25) is 0 Å². The summed E-state index contributed by atoms with van der Waals surface area (Å²) in [5, 5.41) is 5.65. The fourth-order valence-corrected chi connectivity index (χ4v) is 2.45. The predicted octanol–water partition coefficient (Wildman–Crippen LogP) is 2.42. The molecule has 0 aromatic carbocycles. The van der Waals surface area contributed by atoms with Crippen LogP contribution in [0.1, 0.15) is 18.7 Å². The maximum absolute atomic E-state index is 3.52. The van der Waals surface area contributed by atoms with E-state index in [1.165, 1.54) is 4.88 Å². The quantitative estimate of drug-likeness (QED) is 0.801. The van der Waals surface area contributed by atoms with Crippen LogP contribution in [0, 0.1) is 5.92 Å². The summed E-state index contributed by atoms with van der Waals surface area (Å²) < 4.78 is 0. The van der Waals surface area contributed by atoms with Gasteiger partial charge in [0.05, 0.1) is 0 Å². The SMILES string of the molecule is CC(C)C(CNCc1cccs1)N(C)C. The summed E-state index contributed by atoms with van der Waals surface area (Å²) in [7, 11) is 4.30. The van der Waals surface area contributed by atoms with E-state index in [0.29, 0.717) is 12.0 Å². The molecule has 0 radical (unpaired) electrons. The Balaban J connectivity index is 2.28. The van der Waals surface area contributed by atoms with Crippen molar-refractivity contribution in [1.82, 2.24) is 10.2 Å². The third kappa shape index (κ3) is 4.33. The number of thiophene rings is 1. The highest BCUT2D eigenvalue weighted by atomic mass is 32.1. The van der Waals surface area contributed by atoms with E-state index in [-0.39, 0.29) is 0 Å². The molecule has 86 valence electrons. The maximum atomic E-state index is 3.52. The maximum Gasteiger partial charge on any atom is 0.0300 e. The second kappa shape index (κ2) is 6.26. The zero-order chi connectivity index (χ0) is 11.3. The Kier molecular flexibility index (Phi) is 5.29. The molecule has 2 nitrogen and oxygen atoms in total. The van der Waals surface area contributed by atoms with Crippen molar-refractivity contribution in [3.63, 3.8) is 0 Å². The summed E-state index contributed by atoms with van der Waals surface area (Å²) in [4.78, 5) is 3.71. The predicted molar refractivity (Wildman–Crippen MR) is 68.3 cm³/mol. The molecule has 1 aromatic heterocycles. The van der Waals surface area contributed by atoms with Crippen LogP contribution in [0.2, 0.25) is 0 Å². The van der Waals surface area contributed by atoms with Gasteiger partial charge in [-0.05, 0) is 31.5 Å². The molecule has 15 heavy (non-hydrogen) atoms. The fourth-order valence-electron chi connectivity index (χ4n) is 1.77. The van der Waals surface area contributed by atoms with Gasteiger partial charge in [0, 0.05) is 24.0 Å². The van der Waals surface area contributed by atoms with Crippen LogP contribution in [0.3, 0.4) is 0 Å². The van der Waals surface area contributed by atoms with E-state index in [2.05, 4.69) is 55.7 Å². The van der Waals surface area contributed by atoms with Crippen molar-refractivity contribution in [2.75, 3.05) is 20.6 Å². The summed E-state index contributed by atoms with van der Waals surface area (Å²) in [6, 6.07) is 4.90. The molecular formula is C12H22N2S. The third-order valence-electron chi connectivity index (χ3n) is 2.67. The lowest BCUT2D eigenvalue weighted by Crippen LogP contribution is -2.41. The lowest BCUT2D eigenvalue weighted by molar-refractivity contribution is 0.224. The highest BCUT2D eigenvalue weighted by Gasteiger charge is 2.14. The van der Waals surface area contributed by atoms with Gasteiger partial charge in [-0.1, -0.05) is 19.9 Å². The van der Waals surface area contributed by atoms with Gasteiger partial charge < -0.3 is 10.2 Å². The number of nitrogens with one attached hydrogen (secondary N) is 1. The number of rotatable bonds is 6. The zero-order valence-electron chi connectivity index (χ0n) is 10.2. The van der Waals surface area contributed by atoms with E-state index >= 15 is 0 Å². The van der Waals surface area contributed by atoms with Crippen LogP contribution < -0.4 is 5.32 Å². The average Bonchev–Trinajstić information content (AvgIpc) is 2.63. The molecule has 0 aliphatic heterocycles. The Morgan fingerprint density at radius 2 is 2.13 bits per heavy atom. The minimum atomic E-state index is 0.616. The van der Waals surface area contributed by atoms with Gasteiger partial charge in [-0.3, -0.25) is 0 Å². The number of hydrogen-bond donors (Lipinski definition) is 1. The number of hydrogen-bond acceptors (Lipinski definition) is 3. The highest BCUT2D eigenvalue weighted by molar-refractivity contribution is 7.09. The molecule has 3 heteroatoms. The van der Waals surface area contributed by atoms with Gasteiger partial charge in [-0.25, -0.2) is 0 Å². The van der Waals surface area contributed by atoms with Gasteiger partial charge in [0.15, 0.2) is 0 Å². The Morgan fingerprint density at radius 1 is 1.40 bits per heavy atom. The van der Waals surface area contributed by atoms with E-state index in [9.17, 15) is 0 Å². The first-order chi connectivity index (χ1) is 7.11. The van der Waals surface area contributed by atoms with E-state index in [0.717, 1.165) is 13.1 Å². The lowest BCUT2D eigenvalue weighted by Gasteiger charge is -2.28. The van der Waals surface area contributed by atoms with Crippen molar-refractivity contribution in [3.8, 4) is 0 Å². The molecule has 0 spiro atoms. The third-order valence-corrected chi connectivity index (χ3v) is 3.54. The minimum absolute atomic E-state index is 0.616. The summed E-state index contributed by atoms with van der Waals surface area (Å²) >= 11 is 1.82. The van der Waals surface area contributed by atoms with Gasteiger partial charge >= 0.3 is 0 Å². The number of likely N-dealkylation sites (N-methyl/N-ethyl adjacent to an activating group) is 1. The first-order valence-electron chi connectivity index (χ1n) is 5.50. The van der Waals surface area contributed by atoms with Crippen LogP contribution in [-0.4, -0.2) is 31.6 Å². The van der Waals surface area contributed by atoms with Gasteiger partial charge in [-0.15, -0.1) is 11.3 Å². The standard InChI is InChI=1S/C12H22N2S/c1-10(2)12(14(3)4)9-13-8-11-6-5-7-15-11/h5-7,10,12-13H,8-9H2,1-4H3. The van der Waals surface area contributed by atoms with Crippen molar-refractivity contribution in [3.05, 3.63) is 22.4 Å². The summed E-state index contributed by atoms with van der Waals surface area (Å²) in [5.74, 6) is 0.691. The second-order valence-corrected chi connectivity index (χ2v) is 5.52. The van der Waals surface area contributed by atoms with E-state index in [1.54, 1.807) is 0 Å². The molecule has 1 heterocycles. The topological polar surface area (TPSA) is 15.3 Å². The van der Waals surface area contributed by atoms with Crippen molar-refractivity contribution >= 4 is 11.3 Å². The van der Waals surface area contributed by atoms with Crippen LogP contribution in [0.15, 0.2) is 17.5 Å². The first kappa shape index (κ1) is 12.7. The fraction of sp³-hybridized carbons (Fsp3) is 0.667. The van der Waals surface area contributed by atoms with Crippen LogP contribution in [0.5, 0.6) is 0 Å². The highest BCUT2D eigenvalue weighted by Crippen LogP contribution is 2.09. The average molecular weight is 226 g/mol. The molecule has 0 saturated heterocycles. The molecule has 1 atom stereocenters. The van der Waals surface area contributed by atoms with E-state index < -0.39 is 0 Å². The summed E-state index contributed by atoms with van der Waals surface area (Å²) in [5.41, 5.74) is 0. The first-order valence-corrected chi connectivity index (χ1v) is 6.38. The van der Waals surface area contributed by atoms with Crippen molar-refractivity contribution in [2.45, 2.75) is 26.4 Å². The van der Waals surface area contributed by atoms with Gasteiger partial charge in [0.1, 0.15) is 0 Å². The molecular weight excluding hydrogens is 204 g/mol. The van der Waals surface area contributed by atoms with Crippen molar-refractivity contribution < 1.29 is 0 Å². The molecule has 0 aliphatic rings. The molecule has 1 unspecified atom stereocenters. The summed E-state index contributed by atoms with van der Waals surface area (Å²) in [6.07, 6.45) is 0. The Bertz CT molecular complexity index is 247. The molecule has 0 amide bonds. The van der Waals surface area contributed by atoms with E-state index in [1.807, 2.05) is 11.3 Å². The molecule has 0 aliphatic carbocycles. The van der Waals surface area contributed by atoms with Crippen LogP contribution in [0.25, 0.3) is 0 Å². The molecule has 1 rings (SSSR count). The largest absolute Gasteiger partial charge is 0.310 e. The normalized spacial score (nSPS) is 13.7. The zero-order valence-corrected chi connectivity index (χ0v) is 11.0. The van der Waals surface area contributed by atoms with Gasteiger partial charge in [-0.2, -0.15) is 0 Å². The second-order valence-electron chi connectivity index (χ2n) is 4.49. The molecule has 0 fully saturated rings. The lowest BCUT2D eigenvalue weighted by atomic mass is 10.0.